The Hall–Kier alpha value is -1.13. The van der Waals surface area contributed by atoms with Crippen molar-refractivity contribution in [3.63, 3.8) is 0 Å². The van der Waals surface area contributed by atoms with Crippen molar-refractivity contribution < 1.29 is 0 Å². The maximum Gasteiger partial charge on any atom is 0.128 e. The molecule has 0 saturated heterocycles. The highest BCUT2D eigenvalue weighted by Gasteiger charge is 2.03. The number of hydrogen-bond acceptors (Lipinski definition) is 3. The molecule has 90 valence electrons. The van der Waals surface area contributed by atoms with Crippen molar-refractivity contribution >= 4 is 29.1 Å². The van der Waals surface area contributed by atoms with Gasteiger partial charge in [0.05, 0.1) is 12.7 Å². The predicted octanol–water partition coefficient (Wildman–Crippen LogP) is 3.41. The number of halogens is 1. The van der Waals surface area contributed by atoms with E-state index < -0.39 is 0 Å². The first-order valence-electron chi connectivity index (χ1n) is 5.24. The molecule has 0 aliphatic carbocycles. The Bertz CT molecular complexity index is 493. The van der Waals surface area contributed by atoms with Crippen LogP contribution in [-0.4, -0.2) is 15.8 Å². The Morgan fingerprint density at radius 3 is 2.59 bits per heavy atom. The van der Waals surface area contributed by atoms with Crippen LogP contribution >= 0.6 is 23.4 Å². The van der Waals surface area contributed by atoms with E-state index in [1.807, 2.05) is 11.6 Å². The summed E-state index contributed by atoms with van der Waals surface area (Å²) in [6, 6.07) is 8.32. The van der Waals surface area contributed by atoms with Gasteiger partial charge in [-0.05, 0) is 30.5 Å². The molecule has 0 aliphatic heterocycles. The lowest BCUT2D eigenvalue weighted by molar-refractivity contribution is 0.813. The first-order valence-corrected chi connectivity index (χ1v) is 6.85. The molecule has 0 radical (unpaired) electrons. The molecule has 0 fully saturated rings. The van der Waals surface area contributed by atoms with Crippen LogP contribution in [0.25, 0.3) is 0 Å². The highest BCUT2D eigenvalue weighted by molar-refractivity contribution is 7.98. The number of benzene rings is 1. The normalized spacial score (nSPS) is 10.5. The van der Waals surface area contributed by atoms with Gasteiger partial charge in [-0.3, -0.25) is 0 Å². The monoisotopic (exact) mass is 267 g/mol. The van der Waals surface area contributed by atoms with Gasteiger partial charge in [-0.25, -0.2) is 4.98 Å². The molecule has 1 heterocycles. The molecule has 0 bridgehead atoms. The molecule has 0 saturated carbocycles. The molecule has 5 heteroatoms. The van der Waals surface area contributed by atoms with Crippen molar-refractivity contribution in [3.05, 3.63) is 41.4 Å². The summed E-state index contributed by atoms with van der Waals surface area (Å²) in [5.41, 5.74) is 1.09. The first-order chi connectivity index (χ1) is 8.20. The van der Waals surface area contributed by atoms with Gasteiger partial charge in [-0.15, -0.1) is 11.8 Å². The lowest BCUT2D eigenvalue weighted by Crippen LogP contribution is -2.05. The maximum atomic E-state index is 5.92. The summed E-state index contributed by atoms with van der Waals surface area (Å²) in [4.78, 5) is 5.49. The van der Waals surface area contributed by atoms with E-state index in [-0.39, 0.29) is 0 Å². The highest BCUT2D eigenvalue weighted by Crippen LogP contribution is 2.18. The minimum Gasteiger partial charge on any atom is -0.378 e. The molecule has 2 rings (SSSR count). The molecule has 0 aliphatic rings. The number of imidazole rings is 1. The fraction of sp³-hybridized carbons (Fsp3) is 0.250. The van der Waals surface area contributed by atoms with Crippen LogP contribution in [0.5, 0.6) is 0 Å². The minimum atomic E-state index is 0.652. The van der Waals surface area contributed by atoms with Gasteiger partial charge >= 0.3 is 0 Å². The van der Waals surface area contributed by atoms with Crippen LogP contribution < -0.4 is 5.32 Å². The zero-order valence-corrected chi connectivity index (χ0v) is 11.3. The van der Waals surface area contributed by atoms with Gasteiger partial charge in [-0.1, -0.05) is 11.6 Å². The molecule has 0 spiro atoms. The smallest absolute Gasteiger partial charge is 0.128 e. The van der Waals surface area contributed by atoms with Gasteiger partial charge in [-0.2, -0.15) is 0 Å². The average molecular weight is 268 g/mol. The third-order valence-corrected chi connectivity index (χ3v) is 3.66. The summed E-state index contributed by atoms with van der Waals surface area (Å²) in [7, 11) is 1.91. The number of rotatable bonds is 4. The molecular weight excluding hydrogens is 254 g/mol. The zero-order chi connectivity index (χ0) is 12.3. The van der Waals surface area contributed by atoms with E-state index in [0.717, 1.165) is 11.5 Å². The van der Waals surface area contributed by atoms with Crippen LogP contribution in [0.15, 0.2) is 35.4 Å². The number of nitrogens with one attached hydrogen (secondary N) is 1. The van der Waals surface area contributed by atoms with Crippen molar-refractivity contribution in [1.29, 1.82) is 0 Å². The van der Waals surface area contributed by atoms with Crippen LogP contribution in [0, 0.1) is 0 Å². The fourth-order valence-corrected chi connectivity index (χ4v) is 2.03. The van der Waals surface area contributed by atoms with Crippen LogP contribution in [0.1, 0.15) is 5.82 Å². The SMILES string of the molecule is CSc1ccc(NCc2ncc(Cl)n2C)cc1. The molecule has 17 heavy (non-hydrogen) atoms. The lowest BCUT2D eigenvalue weighted by atomic mass is 10.3. The second-order valence-electron chi connectivity index (χ2n) is 3.64. The number of aromatic nitrogens is 2. The van der Waals surface area contributed by atoms with Gasteiger partial charge in [0.25, 0.3) is 0 Å². The molecular formula is C12H14ClN3S. The lowest BCUT2D eigenvalue weighted by Gasteiger charge is -2.07. The van der Waals surface area contributed by atoms with Crippen molar-refractivity contribution in [1.82, 2.24) is 9.55 Å². The van der Waals surface area contributed by atoms with Gasteiger partial charge in [0.1, 0.15) is 11.0 Å². The summed E-state index contributed by atoms with van der Waals surface area (Å²) in [6.07, 6.45) is 3.73. The Morgan fingerprint density at radius 1 is 1.35 bits per heavy atom. The van der Waals surface area contributed by atoms with E-state index >= 15 is 0 Å². The summed E-state index contributed by atoms with van der Waals surface area (Å²) in [6.45, 7) is 0.668. The molecule has 2 aromatic rings. The van der Waals surface area contributed by atoms with E-state index in [4.69, 9.17) is 11.6 Å². The number of nitrogens with zero attached hydrogens (tertiary/aromatic N) is 2. The Balaban J connectivity index is 2.00. The standard InChI is InChI=1S/C12H14ClN3S/c1-16-11(13)7-15-12(16)8-14-9-3-5-10(17-2)6-4-9/h3-7,14H,8H2,1-2H3. The van der Waals surface area contributed by atoms with Crippen LogP contribution in [0.4, 0.5) is 5.69 Å². The molecule has 1 N–H and O–H groups in total. The van der Waals surface area contributed by atoms with Crippen LogP contribution in [0.3, 0.4) is 0 Å². The highest BCUT2D eigenvalue weighted by atomic mass is 35.5. The molecule has 1 aromatic heterocycles. The molecule has 0 amide bonds. The first kappa shape index (κ1) is 12.3. The average Bonchev–Trinajstić information content (AvgIpc) is 2.68. The summed E-state index contributed by atoms with van der Waals surface area (Å²) in [5.74, 6) is 0.920. The van der Waals surface area contributed by atoms with Gasteiger partial charge < -0.3 is 9.88 Å². The molecule has 3 nitrogen and oxygen atoms in total. The summed E-state index contributed by atoms with van der Waals surface area (Å²) < 4.78 is 1.87. The van der Waals surface area contributed by atoms with E-state index in [9.17, 15) is 0 Å². The summed E-state index contributed by atoms with van der Waals surface area (Å²) in [5, 5.41) is 3.97. The second-order valence-corrected chi connectivity index (χ2v) is 4.91. The quantitative estimate of drug-likeness (QED) is 0.861. The molecule has 0 unspecified atom stereocenters. The van der Waals surface area contributed by atoms with Crippen LogP contribution in [0.2, 0.25) is 5.15 Å². The number of thioether (sulfide) groups is 1. The molecule has 0 atom stereocenters. The van der Waals surface area contributed by atoms with E-state index in [2.05, 4.69) is 40.8 Å². The van der Waals surface area contributed by atoms with Crippen molar-refractivity contribution in [2.45, 2.75) is 11.4 Å². The predicted molar refractivity (Wildman–Crippen MR) is 73.8 cm³/mol. The number of anilines is 1. The van der Waals surface area contributed by atoms with Crippen molar-refractivity contribution in [3.8, 4) is 0 Å². The van der Waals surface area contributed by atoms with E-state index in [1.54, 1.807) is 18.0 Å². The van der Waals surface area contributed by atoms with Gasteiger partial charge in [0.2, 0.25) is 0 Å². The minimum absolute atomic E-state index is 0.652. The third-order valence-electron chi connectivity index (χ3n) is 2.57. The second kappa shape index (κ2) is 5.47. The van der Waals surface area contributed by atoms with Crippen molar-refractivity contribution in [2.75, 3.05) is 11.6 Å². The largest absolute Gasteiger partial charge is 0.378 e. The van der Waals surface area contributed by atoms with Crippen LogP contribution in [-0.2, 0) is 13.6 Å². The maximum absolute atomic E-state index is 5.92. The Kier molecular flexibility index (Phi) is 3.97. The third kappa shape index (κ3) is 2.96. The van der Waals surface area contributed by atoms with E-state index in [1.165, 1.54) is 4.90 Å². The van der Waals surface area contributed by atoms with Gasteiger partial charge in [0.15, 0.2) is 0 Å². The van der Waals surface area contributed by atoms with E-state index in [0.29, 0.717) is 11.7 Å². The molecule has 1 aromatic carbocycles. The topological polar surface area (TPSA) is 29.9 Å². The number of hydrogen-bond donors (Lipinski definition) is 1. The van der Waals surface area contributed by atoms with Crippen molar-refractivity contribution in [2.24, 2.45) is 7.05 Å². The fourth-order valence-electron chi connectivity index (χ4n) is 1.48. The Labute approximate surface area is 110 Å². The zero-order valence-electron chi connectivity index (χ0n) is 9.77. The van der Waals surface area contributed by atoms with Gasteiger partial charge in [0, 0.05) is 17.6 Å². The Morgan fingerprint density at radius 2 is 2.06 bits per heavy atom. The summed E-state index contributed by atoms with van der Waals surface area (Å²) >= 11 is 7.66.